The molecule has 0 fully saturated rings. The van der Waals surface area contributed by atoms with Gasteiger partial charge in [0.1, 0.15) is 0 Å². The van der Waals surface area contributed by atoms with Crippen molar-refractivity contribution < 1.29 is 4.79 Å². The molecule has 0 aliphatic carbocycles. The number of hydrogen-bond acceptors (Lipinski definition) is 2. The molecule has 1 aromatic heterocycles. The smallest absolute Gasteiger partial charge is 0.224 e. The van der Waals surface area contributed by atoms with Crippen LogP contribution in [0.4, 0.5) is 0 Å². The lowest BCUT2D eigenvalue weighted by molar-refractivity contribution is -0.120. The van der Waals surface area contributed by atoms with Crippen molar-refractivity contribution in [3.63, 3.8) is 0 Å². The fourth-order valence-electron chi connectivity index (χ4n) is 1.52. The quantitative estimate of drug-likeness (QED) is 0.911. The highest BCUT2D eigenvalue weighted by atomic mass is 35.5. The predicted molar refractivity (Wildman–Crippen MR) is 76.3 cm³/mol. The molecule has 0 spiro atoms. The zero-order chi connectivity index (χ0) is 13.0. The molecule has 2 rings (SSSR count). The number of nitrogens with one attached hydrogen (secondary N) is 1. The van der Waals surface area contributed by atoms with E-state index in [4.69, 9.17) is 23.2 Å². The maximum Gasteiger partial charge on any atom is 0.224 e. The van der Waals surface area contributed by atoms with Gasteiger partial charge in [0, 0.05) is 14.9 Å². The summed E-state index contributed by atoms with van der Waals surface area (Å²) in [5.41, 5.74) is 0.671. The molecule has 1 heterocycles. The molecule has 2 aromatic rings. The lowest BCUT2D eigenvalue weighted by Gasteiger charge is -2.07. The van der Waals surface area contributed by atoms with Gasteiger partial charge in [-0.3, -0.25) is 4.79 Å². The Hall–Kier alpha value is -1.03. The van der Waals surface area contributed by atoms with E-state index in [0.717, 1.165) is 4.88 Å². The van der Waals surface area contributed by atoms with Crippen molar-refractivity contribution in [1.29, 1.82) is 0 Å². The lowest BCUT2D eigenvalue weighted by atomic mass is 10.1. The minimum absolute atomic E-state index is 0.0848. The SMILES string of the molecule is O=C(Cc1c(Cl)cccc1Cl)NCc1cccs1. The Morgan fingerprint density at radius 2 is 1.89 bits per heavy atom. The highest BCUT2D eigenvalue weighted by Crippen LogP contribution is 2.24. The zero-order valence-corrected chi connectivity index (χ0v) is 11.8. The summed E-state index contributed by atoms with van der Waals surface area (Å²) >= 11 is 13.6. The summed E-state index contributed by atoms with van der Waals surface area (Å²) in [4.78, 5) is 12.9. The molecule has 18 heavy (non-hydrogen) atoms. The summed E-state index contributed by atoms with van der Waals surface area (Å²) in [5, 5.41) is 5.86. The molecule has 1 aromatic carbocycles. The van der Waals surface area contributed by atoms with Gasteiger partial charge in [-0.05, 0) is 29.1 Å². The molecule has 1 N–H and O–H groups in total. The Balaban J connectivity index is 1.95. The van der Waals surface area contributed by atoms with E-state index in [0.29, 0.717) is 22.2 Å². The monoisotopic (exact) mass is 299 g/mol. The van der Waals surface area contributed by atoms with E-state index in [9.17, 15) is 4.79 Å². The third kappa shape index (κ3) is 3.48. The fourth-order valence-corrected chi connectivity index (χ4v) is 2.70. The fraction of sp³-hybridized carbons (Fsp3) is 0.154. The third-order valence-corrected chi connectivity index (χ3v) is 4.02. The minimum Gasteiger partial charge on any atom is -0.351 e. The van der Waals surface area contributed by atoms with Crippen molar-refractivity contribution >= 4 is 40.4 Å². The van der Waals surface area contributed by atoms with Crippen LogP contribution in [0.15, 0.2) is 35.7 Å². The van der Waals surface area contributed by atoms with Crippen LogP contribution in [0, 0.1) is 0 Å². The number of halogens is 2. The van der Waals surface area contributed by atoms with Crippen LogP contribution in [-0.2, 0) is 17.8 Å². The first-order valence-electron chi connectivity index (χ1n) is 5.39. The second-order valence-electron chi connectivity index (χ2n) is 3.73. The van der Waals surface area contributed by atoms with Gasteiger partial charge in [-0.25, -0.2) is 0 Å². The Labute approximate surface area is 120 Å². The molecule has 5 heteroatoms. The molecule has 0 bridgehead atoms. The van der Waals surface area contributed by atoms with Crippen molar-refractivity contribution in [2.24, 2.45) is 0 Å². The molecule has 0 saturated carbocycles. The van der Waals surface area contributed by atoms with Gasteiger partial charge in [0.25, 0.3) is 0 Å². The first-order chi connectivity index (χ1) is 8.66. The second-order valence-corrected chi connectivity index (χ2v) is 5.58. The number of benzene rings is 1. The summed E-state index contributed by atoms with van der Waals surface area (Å²) in [6.07, 6.45) is 0.198. The van der Waals surface area contributed by atoms with Crippen LogP contribution in [-0.4, -0.2) is 5.91 Å². The van der Waals surface area contributed by atoms with Gasteiger partial charge >= 0.3 is 0 Å². The molecule has 0 unspecified atom stereocenters. The molecule has 94 valence electrons. The molecule has 0 aliphatic heterocycles. The van der Waals surface area contributed by atoms with Gasteiger partial charge in [-0.15, -0.1) is 11.3 Å². The number of carbonyl (C=O) groups is 1. The summed E-state index contributed by atoms with van der Waals surface area (Å²) in [7, 11) is 0. The maximum absolute atomic E-state index is 11.8. The number of amides is 1. The summed E-state index contributed by atoms with van der Waals surface area (Å²) in [6.45, 7) is 0.540. The molecule has 0 atom stereocenters. The highest BCUT2D eigenvalue weighted by molar-refractivity contribution is 7.09. The van der Waals surface area contributed by atoms with Crippen molar-refractivity contribution in [2.75, 3.05) is 0 Å². The van der Waals surface area contributed by atoms with Crippen LogP contribution in [0.1, 0.15) is 10.4 Å². The van der Waals surface area contributed by atoms with Crippen LogP contribution in [0.5, 0.6) is 0 Å². The molecular weight excluding hydrogens is 289 g/mol. The van der Waals surface area contributed by atoms with Gasteiger partial charge in [0.05, 0.1) is 13.0 Å². The number of hydrogen-bond donors (Lipinski definition) is 1. The lowest BCUT2D eigenvalue weighted by Crippen LogP contribution is -2.24. The normalized spacial score (nSPS) is 10.3. The van der Waals surface area contributed by atoms with Gasteiger partial charge in [0.15, 0.2) is 0 Å². The van der Waals surface area contributed by atoms with Crippen LogP contribution >= 0.6 is 34.5 Å². The van der Waals surface area contributed by atoms with E-state index >= 15 is 0 Å². The third-order valence-electron chi connectivity index (χ3n) is 2.44. The van der Waals surface area contributed by atoms with Gasteiger partial charge in [-0.2, -0.15) is 0 Å². The standard InChI is InChI=1S/C13H11Cl2NOS/c14-11-4-1-5-12(15)10(11)7-13(17)16-8-9-3-2-6-18-9/h1-6H,7-8H2,(H,16,17). The van der Waals surface area contributed by atoms with Crippen LogP contribution in [0.3, 0.4) is 0 Å². The molecule has 0 radical (unpaired) electrons. The molecule has 0 saturated heterocycles. The Bertz CT molecular complexity index is 520. The largest absolute Gasteiger partial charge is 0.351 e. The Morgan fingerprint density at radius 1 is 1.17 bits per heavy atom. The summed E-state index contributed by atoms with van der Waals surface area (Å²) in [5.74, 6) is -0.0848. The van der Waals surface area contributed by atoms with E-state index < -0.39 is 0 Å². The summed E-state index contributed by atoms with van der Waals surface area (Å²) < 4.78 is 0. The van der Waals surface area contributed by atoms with Crippen LogP contribution < -0.4 is 5.32 Å². The van der Waals surface area contributed by atoms with Crippen molar-refractivity contribution in [2.45, 2.75) is 13.0 Å². The number of carbonyl (C=O) groups excluding carboxylic acids is 1. The topological polar surface area (TPSA) is 29.1 Å². The summed E-state index contributed by atoms with van der Waals surface area (Å²) in [6, 6.07) is 9.16. The first kappa shape index (κ1) is 13.4. The first-order valence-corrected chi connectivity index (χ1v) is 7.02. The van der Waals surface area contributed by atoms with Crippen LogP contribution in [0.2, 0.25) is 10.0 Å². The molecular formula is C13H11Cl2NOS. The Morgan fingerprint density at radius 3 is 2.50 bits per heavy atom. The second kappa shape index (κ2) is 6.23. The van der Waals surface area contributed by atoms with Crippen molar-refractivity contribution in [1.82, 2.24) is 5.32 Å². The van der Waals surface area contributed by atoms with E-state index in [1.807, 2.05) is 17.5 Å². The van der Waals surface area contributed by atoms with E-state index in [2.05, 4.69) is 5.32 Å². The van der Waals surface area contributed by atoms with Crippen LogP contribution in [0.25, 0.3) is 0 Å². The van der Waals surface area contributed by atoms with Gasteiger partial charge in [0.2, 0.25) is 5.91 Å². The van der Waals surface area contributed by atoms with E-state index in [1.165, 1.54) is 0 Å². The zero-order valence-electron chi connectivity index (χ0n) is 9.45. The Kier molecular flexibility index (Phi) is 4.64. The maximum atomic E-state index is 11.8. The number of thiophene rings is 1. The average molecular weight is 300 g/mol. The van der Waals surface area contributed by atoms with Crippen molar-refractivity contribution in [3.05, 3.63) is 56.2 Å². The van der Waals surface area contributed by atoms with Gasteiger partial charge in [-0.1, -0.05) is 35.3 Å². The molecule has 1 amide bonds. The van der Waals surface area contributed by atoms with E-state index in [-0.39, 0.29) is 12.3 Å². The number of rotatable bonds is 4. The minimum atomic E-state index is -0.0848. The predicted octanol–water partition coefficient (Wildman–Crippen LogP) is 3.91. The van der Waals surface area contributed by atoms with E-state index in [1.54, 1.807) is 29.5 Å². The molecule has 0 aliphatic rings. The molecule has 2 nitrogen and oxygen atoms in total. The van der Waals surface area contributed by atoms with Gasteiger partial charge < -0.3 is 5.32 Å². The average Bonchev–Trinajstić information content (AvgIpc) is 2.84. The van der Waals surface area contributed by atoms with Crippen molar-refractivity contribution in [3.8, 4) is 0 Å². The highest BCUT2D eigenvalue weighted by Gasteiger charge is 2.10.